The van der Waals surface area contributed by atoms with Crippen molar-refractivity contribution in [3.63, 3.8) is 0 Å². The highest BCUT2D eigenvalue weighted by Crippen LogP contribution is 2.40. The number of benzene rings is 2. The van der Waals surface area contributed by atoms with Gasteiger partial charge in [-0.05, 0) is 55.3 Å². The number of alkyl halides is 3. The molecular formula is C27H23F3N2O4. The lowest BCUT2D eigenvalue weighted by atomic mass is 9.96. The van der Waals surface area contributed by atoms with E-state index in [0.29, 0.717) is 11.3 Å². The molecule has 0 spiro atoms. The number of ketones is 1. The summed E-state index contributed by atoms with van der Waals surface area (Å²) in [4.78, 5) is 31.5. The van der Waals surface area contributed by atoms with E-state index in [1.54, 1.807) is 36.4 Å². The van der Waals surface area contributed by atoms with Crippen LogP contribution in [0.25, 0.3) is 5.76 Å². The van der Waals surface area contributed by atoms with E-state index in [1.165, 1.54) is 24.5 Å². The molecular weight excluding hydrogens is 473 g/mol. The maximum atomic E-state index is 13.2. The third kappa shape index (κ3) is 5.10. The van der Waals surface area contributed by atoms with Gasteiger partial charge in [-0.2, -0.15) is 13.2 Å². The predicted octanol–water partition coefficient (Wildman–Crippen LogP) is 5.51. The topological polar surface area (TPSA) is 79.7 Å². The van der Waals surface area contributed by atoms with Gasteiger partial charge in [0.2, 0.25) is 0 Å². The molecule has 1 atom stereocenters. The molecule has 4 rings (SSSR count). The van der Waals surface area contributed by atoms with Crippen LogP contribution >= 0.6 is 0 Å². The molecule has 186 valence electrons. The molecule has 9 heteroatoms. The van der Waals surface area contributed by atoms with Gasteiger partial charge >= 0.3 is 6.18 Å². The number of aromatic nitrogens is 1. The fourth-order valence-electron chi connectivity index (χ4n) is 4.11. The number of Topliss-reactive ketones (excluding diaryl/α,β-unsaturated/α-hetero) is 1. The lowest BCUT2D eigenvalue weighted by Gasteiger charge is -2.25. The minimum absolute atomic E-state index is 0.129. The molecule has 1 unspecified atom stereocenters. The Hall–Kier alpha value is -4.14. The summed E-state index contributed by atoms with van der Waals surface area (Å²) in [7, 11) is 0. The summed E-state index contributed by atoms with van der Waals surface area (Å²) in [6, 6.07) is 13.2. The van der Waals surface area contributed by atoms with Crippen LogP contribution in [-0.2, 0) is 22.3 Å². The number of hydrogen-bond acceptors (Lipinski definition) is 5. The highest BCUT2D eigenvalue weighted by molar-refractivity contribution is 6.46. The van der Waals surface area contributed by atoms with Gasteiger partial charge in [-0.25, -0.2) is 0 Å². The fourth-order valence-corrected chi connectivity index (χ4v) is 4.11. The normalized spacial score (nSPS) is 17.6. The number of amides is 1. The Morgan fingerprint density at radius 3 is 2.50 bits per heavy atom. The lowest BCUT2D eigenvalue weighted by molar-refractivity contribution is -0.140. The van der Waals surface area contributed by atoms with Gasteiger partial charge in [0, 0.05) is 24.5 Å². The lowest BCUT2D eigenvalue weighted by Crippen LogP contribution is -2.29. The third-order valence-corrected chi connectivity index (χ3v) is 5.63. The Morgan fingerprint density at radius 2 is 1.83 bits per heavy atom. The van der Waals surface area contributed by atoms with Gasteiger partial charge in [0.25, 0.3) is 11.7 Å². The summed E-state index contributed by atoms with van der Waals surface area (Å²) in [6.07, 6.45) is -1.73. The zero-order chi connectivity index (χ0) is 26.0. The molecule has 2 aromatic carbocycles. The summed E-state index contributed by atoms with van der Waals surface area (Å²) in [5.41, 5.74) is -0.162. The predicted molar refractivity (Wildman–Crippen MR) is 126 cm³/mol. The molecule has 1 amide bonds. The SMILES string of the molecule is CC(C)Oc1cccc(/C(O)=C2\C(=O)C(=O)N(Cc3cccc(C(F)(F)F)c3)C2c2cccnc2)c1. The molecule has 1 fully saturated rings. The van der Waals surface area contributed by atoms with Gasteiger partial charge in [0.1, 0.15) is 11.5 Å². The average Bonchev–Trinajstić information content (AvgIpc) is 3.08. The minimum atomic E-state index is -4.56. The van der Waals surface area contributed by atoms with E-state index in [2.05, 4.69) is 4.98 Å². The number of nitrogens with zero attached hydrogens (tertiary/aromatic N) is 2. The first kappa shape index (κ1) is 25.0. The van der Waals surface area contributed by atoms with Crippen LogP contribution in [0.2, 0.25) is 0 Å². The van der Waals surface area contributed by atoms with Crippen molar-refractivity contribution in [2.45, 2.75) is 38.7 Å². The van der Waals surface area contributed by atoms with E-state index in [1.807, 2.05) is 13.8 Å². The number of likely N-dealkylation sites (tertiary alicyclic amines) is 1. The molecule has 6 nitrogen and oxygen atoms in total. The first-order valence-corrected chi connectivity index (χ1v) is 11.2. The van der Waals surface area contributed by atoms with E-state index in [9.17, 15) is 27.9 Å². The van der Waals surface area contributed by atoms with Crippen LogP contribution in [0.4, 0.5) is 13.2 Å². The van der Waals surface area contributed by atoms with Gasteiger partial charge < -0.3 is 14.7 Å². The van der Waals surface area contributed by atoms with Crippen LogP contribution < -0.4 is 4.74 Å². The molecule has 36 heavy (non-hydrogen) atoms. The van der Waals surface area contributed by atoms with Crippen molar-refractivity contribution in [1.29, 1.82) is 0 Å². The van der Waals surface area contributed by atoms with Crippen molar-refractivity contribution in [1.82, 2.24) is 9.88 Å². The standard InChI is InChI=1S/C27H23F3N2O4/c1-16(2)36-21-10-4-7-18(13-21)24(33)22-23(19-8-5-11-31-14-19)32(26(35)25(22)34)15-17-6-3-9-20(12-17)27(28,29)30/h3-14,16,23,33H,15H2,1-2H3/b24-22+. The Morgan fingerprint density at radius 1 is 1.08 bits per heavy atom. The van der Waals surface area contributed by atoms with E-state index < -0.39 is 35.2 Å². The monoisotopic (exact) mass is 496 g/mol. The first-order valence-electron chi connectivity index (χ1n) is 11.2. The third-order valence-electron chi connectivity index (χ3n) is 5.63. The summed E-state index contributed by atoms with van der Waals surface area (Å²) >= 11 is 0. The number of rotatable bonds is 6. The number of carbonyl (C=O) groups excluding carboxylic acids is 2. The van der Waals surface area contributed by atoms with Gasteiger partial charge in [0.05, 0.1) is 23.3 Å². The van der Waals surface area contributed by atoms with Crippen molar-refractivity contribution in [2.75, 3.05) is 0 Å². The Bertz CT molecular complexity index is 1320. The number of aliphatic hydroxyl groups is 1. The van der Waals surface area contributed by atoms with Crippen LogP contribution in [0.15, 0.2) is 78.6 Å². The maximum absolute atomic E-state index is 13.2. The summed E-state index contributed by atoms with van der Waals surface area (Å²) < 4.78 is 45.4. The summed E-state index contributed by atoms with van der Waals surface area (Å²) in [6.45, 7) is 3.41. The second-order valence-corrected chi connectivity index (χ2v) is 8.61. The number of halogens is 3. The molecule has 1 aliphatic rings. The molecule has 1 aliphatic heterocycles. The fraction of sp³-hybridized carbons (Fsp3) is 0.222. The molecule has 1 N–H and O–H groups in total. The molecule has 0 aliphatic carbocycles. The van der Waals surface area contributed by atoms with E-state index in [-0.39, 0.29) is 29.3 Å². The van der Waals surface area contributed by atoms with Crippen LogP contribution in [0.3, 0.4) is 0 Å². The van der Waals surface area contributed by atoms with E-state index in [4.69, 9.17) is 4.74 Å². The summed E-state index contributed by atoms with van der Waals surface area (Å²) in [5.74, 6) is -1.82. The van der Waals surface area contributed by atoms with Crippen molar-refractivity contribution in [2.24, 2.45) is 0 Å². The minimum Gasteiger partial charge on any atom is -0.507 e. The molecule has 1 aromatic heterocycles. The zero-order valence-electron chi connectivity index (χ0n) is 19.5. The second kappa shape index (κ2) is 9.85. The van der Waals surface area contributed by atoms with Crippen molar-refractivity contribution in [3.8, 4) is 5.75 Å². The Balaban J connectivity index is 1.81. The summed E-state index contributed by atoms with van der Waals surface area (Å²) in [5, 5.41) is 11.2. The molecule has 0 radical (unpaired) electrons. The number of carbonyl (C=O) groups is 2. The first-order chi connectivity index (χ1) is 17.1. The Kier molecular flexibility index (Phi) is 6.83. The Labute approximate surface area is 205 Å². The number of hydrogen-bond donors (Lipinski definition) is 1. The van der Waals surface area contributed by atoms with Crippen molar-refractivity contribution < 1.29 is 32.6 Å². The molecule has 1 saturated heterocycles. The van der Waals surface area contributed by atoms with Crippen LogP contribution in [0, 0.1) is 0 Å². The van der Waals surface area contributed by atoms with Gasteiger partial charge in [-0.3, -0.25) is 14.6 Å². The van der Waals surface area contributed by atoms with Crippen LogP contribution in [-0.4, -0.2) is 32.8 Å². The highest BCUT2D eigenvalue weighted by atomic mass is 19.4. The second-order valence-electron chi connectivity index (χ2n) is 8.61. The van der Waals surface area contributed by atoms with Gasteiger partial charge in [0.15, 0.2) is 0 Å². The molecule has 0 saturated carbocycles. The van der Waals surface area contributed by atoms with E-state index in [0.717, 1.165) is 17.0 Å². The molecule has 2 heterocycles. The smallest absolute Gasteiger partial charge is 0.416 e. The van der Waals surface area contributed by atoms with Crippen molar-refractivity contribution in [3.05, 3.63) is 101 Å². The van der Waals surface area contributed by atoms with E-state index >= 15 is 0 Å². The quantitative estimate of drug-likeness (QED) is 0.277. The van der Waals surface area contributed by atoms with Gasteiger partial charge in [-0.1, -0.05) is 30.3 Å². The average molecular weight is 496 g/mol. The van der Waals surface area contributed by atoms with Crippen molar-refractivity contribution >= 4 is 17.4 Å². The zero-order valence-corrected chi connectivity index (χ0v) is 19.5. The van der Waals surface area contributed by atoms with Gasteiger partial charge in [-0.15, -0.1) is 0 Å². The maximum Gasteiger partial charge on any atom is 0.416 e. The number of aliphatic hydroxyl groups excluding tert-OH is 1. The molecule has 0 bridgehead atoms. The highest BCUT2D eigenvalue weighted by Gasteiger charge is 2.46. The largest absolute Gasteiger partial charge is 0.507 e. The molecule has 3 aromatic rings. The van der Waals surface area contributed by atoms with Crippen LogP contribution in [0.1, 0.15) is 42.1 Å². The number of pyridine rings is 1. The van der Waals surface area contributed by atoms with Crippen LogP contribution in [0.5, 0.6) is 5.75 Å². The number of ether oxygens (including phenoxy) is 1.